The number of para-hydroxylation sites is 2. The van der Waals surface area contributed by atoms with Crippen LogP contribution in [0.3, 0.4) is 0 Å². The first-order valence-electron chi connectivity index (χ1n) is 8.96. The minimum absolute atomic E-state index is 0.00962. The van der Waals surface area contributed by atoms with Crippen molar-refractivity contribution in [3.05, 3.63) is 48.4 Å². The van der Waals surface area contributed by atoms with Crippen LogP contribution in [0.5, 0.6) is 5.75 Å². The summed E-state index contributed by atoms with van der Waals surface area (Å²) in [5.74, 6) is 2.30. The van der Waals surface area contributed by atoms with Crippen molar-refractivity contribution in [2.75, 3.05) is 31.6 Å². The number of carbonyl (C=O) groups excluding carboxylic acids is 1. The van der Waals surface area contributed by atoms with Gasteiger partial charge in [-0.15, -0.1) is 0 Å². The molecule has 0 radical (unpaired) electrons. The minimum Gasteiger partial charge on any atom is -0.485 e. The molecule has 0 N–H and O–H groups in total. The lowest BCUT2D eigenvalue weighted by molar-refractivity contribution is -0.132. The molecule has 5 heteroatoms. The van der Waals surface area contributed by atoms with Gasteiger partial charge in [-0.3, -0.25) is 4.79 Å². The third-order valence-electron chi connectivity index (χ3n) is 5.18. The molecule has 0 unspecified atom stereocenters. The van der Waals surface area contributed by atoms with E-state index in [0.717, 1.165) is 36.7 Å². The minimum atomic E-state index is -0.00962. The molecule has 1 aromatic carbocycles. The first-order valence-corrected chi connectivity index (χ1v) is 8.96. The molecule has 1 aliphatic carbocycles. The molecule has 2 heterocycles. The lowest BCUT2D eigenvalue weighted by Crippen LogP contribution is -2.47. The van der Waals surface area contributed by atoms with Crippen LogP contribution in [0.1, 0.15) is 25.0 Å². The van der Waals surface area contributed by atoms with Crippen molar-refractivity contribution >= 4 is 11.6 Å². The zero-order valence-corrected chi connectivity index (χ0v) is 14.7. The molecular weight excluding hydrogens is 316 g/mol. The fourth-order valence-corrected chi connectivity index (χ4v) is 3.74. The Hall–Kier alpha value is -2.43. The molecule has 0 bridgehead atoms. The highest BCUT2D eigenvalue weighted by Gasteiger charge is 2.47. The zero-order chi connectivity index (χ0) is 17.4. The molecule has 5 nitrogen and oxygen atoms in total. The number of rotatable bonds is 5. The Bertz CT molecular complexity index is 743. The quantitative estimate of drug-likeness (QED) is 0.839. The lowest BCUT2D eigenvalue weighted by atomic mass is 10.1. The van der Waals surface area contributed by atoms with E-state index >= 15 is 0 Å². The molecule has 1 aromatic heterocycles. The SMILES string of the molecule is CCN1C[C@H](CN(C)C(=O)[C@@H]2C[C@H]2c2ccco2)Oc2ccccc21. The van der Waals surface area contributed by atoms with E-state index < -0.39 is 0 Å². The van der Waals surface area contributed by atoms with Gasteiger partial charge in [0.25, 0.3) is 0 Å². The van der Waals surface area contributed by atoms with Crippen LogP contribution >= 0.6 is 0 Å². The van der Waals surface area contributed by atoms with Gasteiger partial charge in [-0.2, -0.15) is 0 Å². The van der Waals surface area contributed by atoms with E-state index in [1.807, 2.05) is 42.3 Å². The Morgan fingerprint density at radius 1 is 1.28 bits per heavy atom. The number of benzene rings is 1. The van der Waals surface area contributed by atoms with E-state index in [1.165, 1.54) is 0 Å². The topological polar surface area (TPSA) is 45.9 Å². The third-order valence-corrected chi connectivity index (χ3v) is 5.18. The maximum absolute atomic E-state index is 12.7. The summed E-state index contributed by atoms with van der Waals surface area (Å²) in [6, 6.07) is 11.9. The van der Waals surface area contributed by atoms with Gasteiger partial charge >= 0.3 is 0 Å². The van der Waals surface area contributed by atoms with Crippen LogP contribution in [0.2, 0.25) is 0 Å². The number of anilines is 1. The van der Waals surface area contributed by atoms with Crippen LogP contribution in [0.15, 0.2) is 47.1 Å². The molecule has 1 amide bonds. The first kappa shape index (κ1) is 16.1. The summed E-state index contributed by atoms with van der Waals surface area (Å²) < 4.78 is 11.6. The van der Waals surface area contributed by atoms with Crippen LogP contribution < -0.4 is 9.64 Å². The fraction of sp³-hybridized carbons (Fsp3) is 0.450. The molecule has 1 saturated carbocycles. The summed E-state index contributed by atoms with van der Waals surface area (Å²) in [7, 11) is 1.88. The maximum atomic E-state index is 12.7. The summed E-state index contributed by atoms with van der Waals surface area (Å²) >= 11 is 0. The van der Waals surface area contributed by atoms with Gasteiger partial charge in [-0.25, -0.2) is 0 Å². The van der Waals surface area contributed by atoms with Crippen molar-refractivity contribution in [3.63, 3.8) is 0 Å². The Balaban J connectivity index is 1.38. The number of hydrogen-bond acceptors (Lipinski definition) is 4. The van der Waals surface area contributed by atoms with Crippen molar-refractivity contribution in [2.24, 2.45) is 5.92 Å². The predicted octanol–water partition coefficient (Wildman–Crippen LogP) is 3.13. The Morgan fingerprint density at radius 2 is 2.12 bits per heavy atom. The molecule has 0 saturated heterocycles. The van der Waals surface area contributed by atoms with E-state index in [2.05, 4.69) is 17.9 Å². The molecule has 1 aliphatic heterocycles. The summed E-state index contributed by atoms with van der Waals surface area (Å²) in [6.07, 6.45) is 2.54. The largest absolute Gasteiger partial charge is 0.485 e. The van der Waals surface area contributed by atoms with Crippen LogP contribution in [-0.2, 0) is 4.79 Å². The van der Waals surface area contributed by atoms with Crippen molar-refractivity contribution in [3.8, 4) is 5.75 Å². The average Bonchev–Trinajstić information content (AvgIpc) is 3.24. The zero-order valence-electron chi connectivity index (χ0n) is 14.7. The van der Waals surface area contributed by atoms with Gasteiger partial charge in [0.1, 0.15) is 17.6 Å². The second-order valence-corrected chi connectivity index (χ2v) is 6.93. The monoisotopic (exact) mass is 340 g/mol. The molecule has 4 rings (SSSR count). The molecule has 25 heavy (non-hydrogen) atoms. The highest BCUT2D eigenvalue weighted by Crippen LogP contribution is 2.48. The van der Waals surface area contributed by atoms with Crippen LogP contribution in [0.4, 0.5) is 5.69 Å². The van der Waals surface area contributed by atoms with E-state index in [-0.39, 0.29) is 23.8 Å². The molecule has 2 aliphatic rings. The Labute approximate surface area is 148 Å². The second kappa shape index (κ2) is 6.47. The number of furan rings is 1. The van der Waals surface area contributed by atoms with E-state index in [9.17, 15) is 4.79 Å². The van der Waals surface area contributed by atoms with Crippen LogP contribution in [0.25, 0.3) is 0 Å². The third kappa shape index (κ3) is 3.11. The molecule has 2 aromatic rings. The lowest BCUT2D eigenvalue weighted by Gasteiger charge is -2.37. The number of fused-ring (bicyclic) bond motifs is 1. The van der Waals surface area contributed by atoms with Gasteiger partial charge in [-0.1, -0.05) is 12.1 Å². The van der Waals surface area contributed by atoms with Gasteiger partial charge in [0, 0.05) is 25.4 Å². The van der Waals surface area contributed by atoms with E-state index in [1.54, 1.807) is 6.26 Å². The van der Waals surface area contributed by atoms with Crippen molar-refractivity contribution in [1.29, 1.82) is 0 Å². The van der Waals surface area contributed by atoms with Gasteiger partial charge in [0.15, 0.2) is 0 Å². The van der Waals surface area contributed by atoms with Crippen molar-refractivity contribution in [1.82, 2.24) is 4.90 Å². The smallest absolute Gasteiger partial charge is 0.226 e. The first-order chi connectivity index (χ1) is 12.2. The number of ether oxygens (including phenoxy) is 1. The average molecular weight is 340 g/mol. The van der Waals surface area contributed by atoms with E-state index in [4.69, 9.17) is 9.15 Å². The van der Waals surface area contributed by atoms with Gasteiger partial charge in [0.05, 0.1) is 25.0 Å². The van der Waals surface area contributed by atoms with Crippen molar-refractivity contribution < 1.29 is 13.9 Å². The molecule has 0 spiro atoms. The molecule has 132 valence electrons. The van der Waals surface area contributed by atoms with Crippen molar-refractivity contribution in [2.45, 2.75) is 25.4 Å². The Kier molecular flexibility index (Phi) is 4.15. The van der Waals surface area contributed by atoms with Crippen LogP contribution in [0, 0.1) is 5.92 Å². The van der Waals surface area contributed by atoms with E-state index in [0.29, 0.717) is 6.54 Å². The molecule has 3 atom stereocenters. The summed E-state index contributed by atoms with van der Waals surface area (Å²) in [5, 5.41) is 0. The highest BCUT2D eigenvalue weighted by atomic mass is 16.5. The number of amides is 1. The number of nitrogens with zero attached hydrogens (tertiary/aromatic N) is 2. The summed E-state index contributed by atoms with van der Waals surface area (Å²) in [4.78, 5) is 16.8. The normalized spacial score (nSPS) is 24.4. The number of likely N-dealkylation sites (N-methyl/N-ethyl adjacent to an activating group) is 2. The molecular formula is C20H24N2O3. The highest BCUT2D eigenvalue weighted by molar-refractivity contribution is 5.82. The van der Waals surface area contributed by atoms with Gasteiger partial charge < -0.3 is 19.0 Å². The Morgan fingerprint density at radius 3 is 2.88 bits per heavy atom. The standard InChI is InChI=1S/C20H24N2O3/c1-3-22-13-14(25-19-8-5-4-7-17(19)22)12-21(2)20(23)16-11-15(16)18-9-6-10-24-18/h4-10,14-16H,3,11-13H2,1-2H3/t14-,15+,16+/m0/s1. The molecule has 1 fully saturated rings. The number of carbonyl (C=O) groups is 1. The maximum Gasteiger partial charge on any atom is 0.226 e. The predicted molar refractivity (Wildman–Crippen MR) is 95.9 cm³/mol. The number of hydrogen-bond donors (Lipinski definition) is 0. The second-order valence-electron chi connectivity index (χ2n) is 6.93. The summed E-state index contributed by atoms with van der Waals surface area (Å²) in [6.45, 7) is 4.48. The fourth-order valence-electron chi connectivity index (χ4n) is 3.74. The van der Waals surface area contributed by atoms with Crippen LogP contribution in [-0.4, -0.2) is 43.6 Å². The summed E-state index contributed by atoms with van der Waals surface area (Å²) in [5.41, 5.74) is 1.13. The van der Waals surface area contributed by atoms with Gasteiger partial charge in [0.2, 0.25) is 5.91 Å². The van der Waals surface area contributed by atoms with Gasteiger partial charge in [-0.05, 0) is 37.6 Å².